The summed E-state index contributed by atoms with van der Waals surface area (Å²) in [5, 5.41) is 2.26. The largest absolute Gasteiger partial charge is 0.472 e. The third kappa shape index (κ3) is 10.6. The Morgan fingerprint density at radius 3 is 1.67 bits per heavy atom. The minimum atomic E-state index is -0.950. The molecule has 0 saturated carbocycles. The number of thiophene rings is 1. The Bertz CT molecular complexity index is 3850. The highest BCUT2D eigenvalue weighted by Crippen LogP contribution is 2.63. The van der Waals surface area contributed by atoms with Gasteiger partial charge in [-0.1, -0.05) is 228 Å². The van der Waals surface area contributed by atoms with Crippen molar-refractivity contribution in [2.75, 3.05) is 4.90 Å². The van der Waals surface area contributed by atoms with Crippen LogP contribution in [0.3, 0.4) is 0 Å². The van der Waals surface area contributed by atoms with Gasteiger partial charge in [0.05, 0.1) is 12.0 Å². The van der Waals surface area contributed by atoms with E-state index in [1.54, 1.807) is 11.3 Å². The molecule has 1 unspecified atom stereocenters. The maximum Gasteiger partial charge on any atom is 0.373 e. The number of benzene rings is 9. The lowest BCUT2D eigenvalue weighted by atomic mass is 9.65. The predicted molar refractivity (Wildman–Crippen MR) is 339 cm³/mol. The summed E-state index contributed by atoms with van der Waals surface area (Å²) in [6, 6.07) is 81.2. The molecule has 5 nitrogen and oxygen atoms in total. The first-order valence-electron chi connectivity index (χ1n) is 29.0. The van der Waals surface area contributed by atoms with Crippen LogP contribution >= 0.6 is 11.3 Å². The first-order chi connectivity index (χ1) is 40.4. The van der Waals surface area contributed by atoms with Gasteiger partial charge in [0.2, 0.25) is 0 Å². The highest BCUT2D eigenvalue weighted by Gasteiger charge is 2.51. The van der Waals surface area contributed by atoms with Crippen molar-refractivity contribution in [3.63, 3.8) is 0 Å². The summed E-state index contributed by atoms with van der Waals surface area (Å²) in [5.74, 6) is 0.881. The fraction of sp³-hybridized carbons (Fsp3) is 0.184. The fourth-order valence-corrected chi connectivity index (χ4v) is 13.5. The number of hydrogen-bond acceptors (Lipinski definition) is 5. The molecule has 2 heterocycles. The number of rotatable bonds is 19. The van der Waals surface area contributed by atoms with E-state index in [0.717, 1.165) is 73.0 Å². The molecule has 82 heavy (non-hydrogen) atoms. The molecular weight excluding hydrogens is 1020 g/mol. The minimum Gasteiger partial charge on any atom is -0.472 e. The molecule has 10 aromatic rings. The molecule has 9 aromatic carbocycles. The Hall–Kier alpha value is -9.11. The van der Waals surface area contributed by atoms with Crippen molar-refractivity contribution < 1.29 is 14.3 Å². The molecule has 6 heteroatoms. The number of para-hydroxylation sites is 2. The maximum absolute atomic E-state index is 8.12. The number of unbranched alkanes of at least 4 members (excludes halogenated alkanes) is 6. The topological polar surface area (TPSA) is 51.0 Å². The van der Waals surface area contributed by atoms with Crippen molar-refractivity contribution >= 4 is 57.5 Å². The lowest BCUT2D eigenvalue weighted by Gasteiger charge is -2.40. The van der Waals surface area contributed by atoms with Gasteiger partial charge in [0, 0.05) is 48.9 Å². The number of nitrogens with zero attached hydrogens (tertiary/aromatic N) is 2. The van der Waals surface area contributed by atoms with Gasteiger partial charge in [0.15, 0.2) is 11.8 Å². The Morgan fingerprint density at radius 1 is 0.561 bits per heavy atom. The standard InChI is InChI=1S/C75H66N2OS.CO2/c1-4-6-8-13-23-54-33-39-59(40-34-54)75(60-41-35-55(36-42-60)24-14-9-7-5-2)69-53-63(77(61-27-17-11-18-28-61)62-29-19-12-20-30-62)45-47-67(69)71-65-31-21-22-32-66(65)73-68(72(71)75)49-51-74(78-73,57-25-15-10-16-26-57)58-43-37-56(38-44-58)70-48-46-64(79-70)50-52-76-3;2-1-3/h10-12,15-22,25-53H,4-9,13-14,23-24H2,1-2H3;/b52-50-;. The van der Waals surface area contributed by atoms with Crippen LogP contribution < -0.4 is 9.64 Å². The van der Waals surface area contributed by atoms with Crippen molar-refractivity contribution in [3.05, 3.63) is 297 Å². The van der Waals surface area contributed by atoms with Crippen LogP contribution in [0.1, 0.15) is 120 Å². The SMILES string of the molecule is O=C=O.[C-]#[N+]/C=C\c1ccc(-c2ccc(C3(c4ccccc4)C=Cc4c5c(c6ccccc6c4O3)-c3ccc(N(c4ccccc4)c4ccccc4)cc3C5(c3ccc(CCCCCC)cc3)c3ccc(CCCCCC)cc3)cc2)s1. The zero-order valence-electron chi connectivity index (χ0n) is 46.7. The summed E-state index contributed by atoms with van der Waals surface area (Å²) in [5.41, 5.74) is 16.2. The predicted octanol–water partition coefficient (Wildman–Crippen LogP) is 20.3. The van der Waals surface area contributed by atoms with Gasteiger partial charge in [-0.25, -0.2) is 4.85 Å². The second kappa shape index (κ2) is 25.1. The van der Waals surface area contributed by atoms with E-state index in [4.69, 9.17) is 20.9 Å². The quantitative estimate of drug-likeness (QED) is 0.0598. The van der Waals surface area contributed by atoms with Gasteiger partial charge >= 0.3 is 6.15 Å². The van der Waals surface area contributed by atoms with Crippen LogP contribution in [0, 0.1) is 6.57 Å². The number of aryl methyl sites for hydroxylation is 2. The average molecular weight is 1090 g/mol. The Kier molecular flexibility index (Phi) is 16.8. The first kappa shape index (κ1) is 54.8. The molecule has 0 saturated heterocycles. The third-order valence-electron chi connectivity index (χ3n) is 16.4. The third-order valence-corrected chi connectivity index (χ3v) is 17.5. The molecule has 404 valence electrons. The van der Waals surface area contributed by atoms with Crippen molar-refractivity contribution in [2.45, 2.75) is 89.1 Å². The monoisotopic (exact) mass is 1090 g/mol. The Morgan fingerprint density at radius 2 is 1.10 bits per heavy atom. The number of fused-ring (bicyclic) bond motifs is 8. The average Bonchev–Trinajstić information content (AvgIpc) is 2.66. The summed E-state index contributed by atoms with van der Waals surface area (Å²) in [6.07, 6.45) is 20.4. The van der Waals surface area contributed by atoms with Crippen molar-refractivity contribution in [2.24, 2.45) is 0 Å². The molecule has 1 aliphatic heterocycles. The molecule has 0 N–H and O–H groups in total. The zero-order chi connectivity index (χ0) is 56.3. The van der Waals surface area contributed by atoms with Crippen LogP contribution in [-0.4, -0.2) is 6.15 Å². The zero-order valence-corrected chi connectivity index (χ0v) is 47.5. The summed E-state index contributed by atoms with van der Waals surface area (Å²) in [4.78, 5) is 24.3. The molecule has 0 amide bonds. The van der Waals surface area contributed by atoms with Crippen LogP contribution in [-0.2, 0) is 33.4 Å². The lowest BCUT2D eigenvalue weighted by molar-refractivity contribution is -0.191. The van der Waals surface area contributed by atoms with Crippen molar-refractivity contribution in [3.8, 4) is 27.3 Å². The summed E-state index contributed by atoms with van der Waals surface area (Å²) in [7, 11) is 0. The number of ether oxygens (including phenoxy) is 1. The van der Waals surface area contributed by atoms with E-state index in [-0.39, 0.29) is 6.15 Å². The Balaban J connectivity index is 0.00000230. The molecule has 1 atom stereocenters. The van der Waals surface area contributed by atoms with Crippen LogP contribution in [0.15, 0.2) is 231 Å². The first-order valence-corrected chi connectivity index (χ1v) is 29.8. The van der Waals surface area contributed by atoms with E-state index >= 15 is 0 Å². The van der Waals surface area contributed by atoms with Gasteiger partial charge in [0.25, 0.3) is 0 Å². The molecule has 2 aliphatic rings. The maximum atomic E-state index is 8.12. The van der Waals surface area contributed by atoms with Gasteiger partial charge in [-0.2, -0.15) is 9.59 Å². The van der Waals surface area contributed by atoms with E-state index in [0.29, 0.717) is 0 Å². The van der Waals surface area contributed by atoms with E-state index in [1.807, 2.05) is 6.08 Å². The molecule has 12 rings (SSSR count). The second-order valence-corrected chi connectivity index (χ2v) is 22.5. The Labute approximate surface area is 487 Å². The van der Waals surface area contributed by atoms with E-state index in [9.17, 15) is 0 Å². The van der Waals surface area contributed by atoms with Gasteiger partial charge in [0.1, 0.15) is 5.75 Å². The number of carbonyl (C=O) groups excluding carboxylic acids is 2. The van der Waals surface area contributed by atoms with Crippen molar-refractivity contribution in [1.29, 1.82) is 0 Å². The van der Waals surface area contributed by atoms with Gasteiger partial charge in [-0.05, 0) is 142 Å². The molecule has 0 spiro atoms. The van der Waals surface area contributed by atoms with Crippen molar-refractivity contribution in [1.82, 2.24) is 0 Å². The highest BCUT2D eigenvalue weighted by molar-refractivity contribution is 7.16. The molecule has 0 radical (unpaired) electrons. The molecule has 1 aromatic heterocycles. The van der Waals surface area contributed by atoms with Gasteiger partial charge in [-0.15, -0.1) is 11.3 Å². The molecule has 0 fully saturated rings. The van der Waals surface area contributed by atoms with E-state index in [2.05, 4.69) is 254 Å². The number of hydrogen-bond donors (Lipinski definition) is 0. The van der Waals surface area contributed by atoms with E-state index in [1.165, 1.54) is 107 Å². The second-order valence-electron chi connectivity index (χ2n) is 21.4. The minimum absolute atomic E-state index is 0.250. The van der Waals surface area contributed by atoms with Crippen LogP contribution in [0.2, 0.25) is 0 Å². The normalized spacial score (nSPS) is 14.4. The van der Waals surface area contributed by atoms with Crippen LogP contribution in [0.25, 0.3) is 49.3 Å². The summed E-state index contributed by atoms with van der Waals surface area (Å²) >= 11 is 1.69. The lowest BCUT2D eigenvalue weighted by Crippen LogP contribution is -2.36. The molecule has 0 bridgehead atoms. The summed E-state index contributed by atoms with van der Waals surface area (Å²) in [6.45, 7) is 11.8. The fourth-order valence-electron chi connectivity index (χ4n) is 12.6. The van der Waals surface area contributed by atoms with Gasteiger partial charge in [-0.3, -0.25) is 0 Å². The van der Waals surface area contributed by atoms with E-state index < -0.39 is 11.0 Å². The summed E-state index contributed by atoms with van der Waals surface area (Å²) < 4.78 is 8.00. The van der Waals surface area contributed by atoms with Gasteiger partial charge < -0.3 is 9.64 Å². The highest BCUT2D eigenvalue weighted by atomic mass is 32.1. The molecule has 1 aliphatic carbocycles. The van der Waals surface area contributed by atoms with Crippen LogP contribution in [0.4, 0.5) is 17.1 Å². The smallest absolute Gasteiger partial charge is 0.373 e. The van der Waals surface area contributed by atoms with Crippen LogP contribution in [0.5, 0.6) is 5.75 Å². The molecular formula is C76H66N2O3S. The number of anilines is 3.